The van der Waals surface area contributed by atoms with Crippen LogP contribution >= 0.6 is 0 Å². The molecule has 0 aliphatic heterocycles. The fourth-order valence-electron chi connectivity index (χ4n) is 0. The third-order valence-electron chi connectivity index (χ3n) is 0. The molecular formula is H4AlLiMgO4Si+6. The van der Waals surface area contributed by atoms with Crippen molar-refractivity contribution in [2.24, 2.45) is 0 Å². The summed E-state index contributed by atoms with van der Waals surface area (Å²) in [6, 6.07) is 0. The van der Waals surface area contributed by atoms with Crippen molar-refractivity contribution in [1.29, 1.82) is 0 Å². The normalized spacial score (nSPS) is 7.50. The van der Waals surface area contributed by atoms with Crippen LogP contribution in [0.2, 0.25) is 0 Å². The molecular weight excluding hydrogens is 150 g/mol. The zero-order valence-electron chi connectivity index (χ0n) is 4.57. The molecule has 8 heavy (non-hydrogen) atoms. The molecule has 0 radical (unpaired) electrons. The SMILES string of the molecule is O[Si](O)(O)O.[Al+3].[Li+].[Mg+2]. The average Bonchev–Trinajstić information content (AvgIpc) is 0.722. The molecule has 0 saturated carbocycles. The van der Waals surface area contributed by atoms with Crippen LogP contribution in [0, 0.1) is 0 Å². The van der Waals surface area contributed by atoms with Gasteiger partial charge in [-0.3, -0.25) is 0 Å². The molecule has 0 heterocycles. The van der Waals surface area contributed by atoms with E-state index in [-0.39, 0.29) is 59.3 Å². The third kappa shape index (κ3) is 101. The van der Waals surface area contributed by atoms with Crippen LogP contribution in [0.25, 0.3) is 0 Å². The van der Waals surface area contributed by atoms with Crippen molar-refractivity contribution in [3.8, 4) is 0 Å². The summed E-state index contributed by atoms with van der Waals surface area (Å²) in [4.78, 5) is 29.3. The first-order valence-corrected chi connectivity index (χ1v) is 2.68. The van der Waals surface area contributed by atoms with Crippen molar-refractivity contribution >= 4 is 49.5 Å². The molecule has 0 aromatic heterocycles. The van der Waals surface area contributed by atoms with Crippen molar-refractivity contribution in [1.82, 2.24) is 0 Å². The smallest absolute Gasteiger partial charge is 0.368 e. The molecule has 8 heteroatoms. The Bertz CT molecular complexity index is 31.5. The van der Waals surface area contributed by atoms with Gasteiger partial charge in [0.2, 0.25) is 0 Å². The molecule has 4 N–H and O–H groups in total. The fourth-order valence-corrected chi connectivity index (χ4v) is 0. The summed E-state index contributed by atoms with van der Waals surface area (Å²) < 4.78 is 0. The third-order valence-corrected chi connectivity index (χ3v) is 0. The molecule has 0 atom stereocenters. The second-order valence-electron chi connectivity index (χ2n) is 0.600. The molecule has 0 spiro atoms. The molecule has 0 rings (SSSR count). The average molecular weight is 154 g/mol. The van der Waals surface area contributed by atoms with E-state index in [0.29, 0.717) is 0 Å². The number of hydrogen-bond acceptors (Lipinski definition) is 4. The van der Waals surface area contributed by atoms with Crippen molar-refractivity contribution in [2.45, 2.75) is 0 Å². The van der Waals surface area contributed by atoms with Gasteiger partial charge in [0.25, 0.3) is 0 Å². The Hall–Kier alpha value is 1.95. The Labute approximate surface area is 86.9 Å². The first-order chi connectivity index (χ1) is 2.00. The van der Waals surface area contributed by atoms with Gasteiger partial charge in [-0.25, -0.2) is 0 Å². The molecule has 0 bridgehead atoms. The van der Waals surface area contributed by atoms with E-state index in [1.54, 1.807) is 0 Å². The molecule has 0 aliphatic carbocycles. The zero-order chi connectivity index (χ0) is 4.50. The van der Waals surface area contributed by atoms with Gasteiger partial charge in [0.15, 0.2) is 0 Å². The first-order valence-electron chi connectivity index (χ1n) is 0.894. The van der Waals surface area contributed by atoms with E-state index < -0.39 is 9.05 Å². The van der Waals surface area contributed by atoms with E-state index in [9.17, 15) is 0 Å². The van der Waals surface area contributed by atoms with Crippen LogP contribution in [-0.4, -0.2) is 68.6 Å². The molecule has 0 fully saturated rings. The van der Waals surface area contributed by atoms with Crippen LogP contribution < -0.4 is 18.9 Å². The molecule has 4 nitrogen and oxygen atoms in total. The van der Waals surface area contributed by atoms with Crippen LogP contribution in [0.1, 0.15) is 0 Å². The molecule has 0 amide bonds. The van der Waals surface area contributed by atoms with Gasteiger partial charge in [-0.05, 0) is 0 Å². The zero-order valence-corrected chi connectivity index (χ0v) is 8.14. The minimum atomic E-state index is -4.61. The largest absolute Gasteiger partial charge is 3.00 e. The molecule has 32 valence electrons. The topological polar surface area (TPSA) is 80.9 Å². The quantitative estimate of drug-likeness (QED) is 0.262. The second kappa shape index (κ2) is 8.95. The standard InChI is InChI=1S/Al.Li.Mg.H4O4Si/c;;;1-5(2,3)4/h;;;1-4H/q+3;+1;+2;. The van der Waals surface area contributed by atoms with Crippen molar-refractivity contribution in [3.05, 3.63) is 0 Å². The molecule has 0 aromatic rings. The maximum atomic E-state index is 7.33. The molecule has 0 aromatic carbocycles. The van der Waals surface area contributed by atoms with Crippen LogP contribution in [0.3, 0.4) is 0 Å². The van der Waals surface area contributed by atoms with E-state index in [1.165, 1.54) is 0 Å². The van der Waals surface area contributed by atoms with Gasteiger partial charge in [0, 0.05) is 0 Å². The summed E-state index contributed by atoms with van der Waals surface area (Å²) in [7, 11) is -4.61. The Morgan fingerprint density at radius 2 is 0.875 bits per heavy atom. The van der Waals surface area contributed by atoms with E-state index in [1.807, 2.05) is 0 Å². The van der Waals surface area contributed by atoms with Crippen molar-refractivity contribution in [2.75, 3.05) is 0 Å². The summed E-state index contributed by atoms with van der Waals surface area (Å²) in [6.07, 6.45) is 0. The van der Waals surface area contributed by atoms with Crippen molar-refractivity contribution in [3.63, 3.8) is 0 Å². The van der Waals surface area contributed by atoms with Gasteiger partial charge in [-0.1, -0.05) is 0 Å². The Morgan fingerprint density at radius 1 is 0.875 bits per heavy atom. The molecule has 0 aliphatic rings. The first kappa shape index (κ1) is 22.5. The Kier molecular flexibility index (Phi) is 25.2. The second-order valence-corrected chi connectivity index (χ2v) is 1.80. The van der Waals surface area contributed by atoms with Crippen molar-refractivity contribution < 1.29 is 38.0 Å². The minimum Gasteiger partial charge on any atom is -0.368 e. The number of hydrogen-bond donors (Lipinski definition) is 4. The van der Waals surface area contributed by atoms with Crippen LogP contribution in [0.5, 0.6) is 0 Å². The molecule has 0 saturated heterocycles. The van der Waals surface area contributed by atoms with E-state index in [2.05, 4.69) is 0 Å². The molecule has 0 unspecified atom stereocenters. The summed E-state index contributed by atoms with van der Waals surface area (Å²) >= 11 is 0. The predicted octanol–water partition coefficient (Wildman–Crippen LogP) is -6.37. The predicted molar refractivity (Wildman–Crippen MR) is 26.1 cm³/mol. The summed E-state index contributed by atoms with van der Waals surface area (Å²) in [5.74, 6) is 0. The minimum absolute atomic E-state index is 0. The summed E-state index contributed by atoms with van der Waals surface area (Å²) in [6.45, 7) is 0. The Morgan fingerprint density at radius 3 is 0.875 bits per heavy atom. The van der Waals surface area contributed by atoms with Crippen LogP contribution in [0.15, 0.2) is 0 Å². The fraction of sp³-hybridized carbons (Fsp3) is 0. The van der Waals surface area contributed by atoms with Gasteiger partial charge >= 0.3 is 68.3 Å². The van der Waals surface area contributed by atoms with Gasteiger partial charge in [-0.2, -0.15) is 0 Å². The van der Waals surface area contributed by atoms with Gasteiger partial charge < -0.3 is 19.2 Å². The summed E-state index contributed by atoms with van der Waals surface area (Å²) in [5, 5.41) is 0. The van der Waals surface area contributed by atoms with E-state index >= 15 is 0 Å². The van der Waals surface area contributed by atoms with Crippen LogP contribution in [0.4, 0.5) is 0 Å². The maximum absolute atomic E-state index is 7.33. The van der Waals surface area contributed by atoms with Gasteiger partial charge in [0.05, 0.1) is 0 Å². The summed E-state index contributed by atoms with van der Waals surface area (Å²) in [5.41, 5.74) is 0. The Balaban J connectivity index is -0.0000000267. The number of rotatable bonds is 0. The monoisotopic (exact) mass is 154 g/mol. The van der Waals surface area contributed by atoms with Gasteiger partial charge in [-0.15, -0.1) is 0 Å². The van der Waals surface area contributed by atoms with E-state index in [0.717, 1.165) is 0 Å². The van der Waals surface area contributed by atoms with E-state index in [4.69, 9.17) is 19.2 Å². The van der Waals surface area contributed by atoms with Crippen LogP contribution in [-0.2, 0) is 0 Å². The van der Waals surface area contributed by atoms with Gasteiger partial charge in [0.1, 0.15) is 0 Å². The maximum Gasteiger partial charge on any atom is 3.00 e.